The molecule has 0 aliphatic heterocycles. The summed E-state index contributed by atoms with van der Waals surface area (Å²) in [5.41, 5.74) is 0. The average molecular weight is 631 g/mol. The van der Waals surface area contributed by atoms with Gasteiger partial charge in [0.15, 0.2) is 0 Å². The van der Waals surface area contributed by atoms with Crippen LogP contribution in [0.25, 0.3) is 0 Å². The van der Waals surface area contributed by atoms with E-state index in [0.717, 1.165) is 19.3 Å². The van der Waals surface area contributed by atoms with Gasteiger partial charge in [0.1, 0.15) is 0 Å². The predicted octanol–water partition coefficient (Wildman–Crippen LogP) is 15.2. The Hall–Kier alpha value is 0.210. The minimum Gasteiger partial charge on any atom is -0.393 e. The van der Waals surface area contributed by atoms with Gasteiger partial charge in [-0.1, -0.05) is 219 Å². The van der Waals surface area contributed by atoms with Crippen molar-refractivity contribution in [3.8, 4) is 0 Å². The molecule has 0 saturated heterocycles. The van der Waals surface area contributed by atoms with Gasteiger partial charge in [-0.05, 0) is 26.2 Å². The van der Waals surface area contributed by atoms with Gasteiger partial charge < -0.3 is 11.3 Å². The van der Waals surface area contributed by atoms with E-state index in [1.807, 2.05) is 6.92 Å². The van der Waals surface area contributed by atoms with E-state index in [1.165, 1.54) is 205 Å². The SMILES string of the molecule is CCCCCCCCCCCCCCCCCCC(Cl)(CCCCCCCCCCCCCCCCCC)CC(C)O.N. The van der Waals surface area contributed by atoms with Crippen LogP contribution in [0.5, 0.6) is 0 Å². The summed E-state index contributed by atoms with van der Waals surface area (Å²) in [5.74, 6) is 0. The molecule has 4 N–H and O–H groups in total. The van der Waals surface area contributed by atoms with Crippen LogP contribution in [0.15, 0.2) is 0 Å². The van der Waals surface area contributed by atoms with Gasteiger partial charge in [0.2, 0.25) is 0 Å². The third-order valence-electron chi connectivity index (χ3n) is 9.62. The first kappa shape index (κ1) is 45.3. The molecule has 0 aliphatic carbocycles. The molecule has 0 fully saturated rings. The molecule has 3 heteroatoms. The highest BCUT2D eigenvalue weighted by Crippen LogP contribution is 2.34. The molecule has 0 aliphatic rings. The highest BCUT2D eigenvalue weighted by Gasteiger charge is 2.27. The van der Waals surface area contributed by atoms with Gasteiger partial charge >= 0.3 is 0 Å². The first-order chi connectivity index (χ1) is 20.5. The van der Waals surface area contributed by atoms with Crippen molar-refractivity contribution in [3.05, 3.63) is 0 Å². The standard InChI is InChI=1S/C40H81ClO.H3N/c1-4-6-8-10-12-14-16-18-20-22-24-26-28-30-32-34-36-40(41,38-39(3)42)37-35-33-31-29-27-25-23-21-19-17-15-13-11-9-7-5-2;/h39,42H,4-38H2,1-3H3;1H3. The summed E-state index contributed by atoms with van der Waals surface area (Å²) in [6.07, 6.45) is 47.7. The zero-order valence-electron chi connectivity index (χ0n) is 30.4. The van der Waals surface area contributed by atoms with Crippen molar-refractivity contribution in [1.29, 1.82) is 0 Å². The van der Waals surface area contributed by atoms with Crippen molar-refractivity contribution in [3.63, 3.8) is 0 Å². The number of halogens is 1. The summed E-state index contributed by atoms with van der Waals surface area (Å²) in [5, 5.41) is 10.1. The van der Waals surface area contributed by atoms with Gasteiger partial charge in [-0.25, -0.2) is 0 Å². The molecular weight excluding hydrogens is 546 g/mol. The van der Waals surface area contributed by atoms with E-state index in [4.69, 9.17) is 11.6 Å². The Bertz CT molecular complexity index is 461. The first-order valence-electron chi connectivity index (χ1n) is 19.9. The summed E-state index contributed by atoms with van der Waals surface area (Å²) in [6, 6.07) is 0. The molecule has 0 aromatic heterocycles. The summed E-state index contributed by atoms with van der Waals surface area (Å²) in [4.78, 5) is -0.180. The molecule has 0 amide bonds. The minimum atomic E-state index is -0.287. The van der Waals surface area contributed by atoms with Crippen molar-refractivity contribution in [2.45, 2.75) is 256 Å². The Balaban J connectivity index is 0. The zero-order chi connectivity index (χ0) is 30.8. The third kappa shape index (κ3) is 36.6. The number of aliphatic hydroxyl groups excluding tert-OH is 1. The molecule has 2 nitrogen and oxygen atoms in total. The lowest BCUT2D eigenvalue weighted by Gasteiger charge is -2.28. The summed E-state index contributed by atoms with van der Waals surface area (Å²) in [6.45, 7) is 6.51. The minimum absolute atomic E-state index is 0. The molecule has 0 rings (SSSR count). The Morgan fingerprint density at radius 1 is 0.395 bits per heavy atom. The summed E-state index contributed by atoms with van der Waals surface area (Å²) in [7, 11) is 0. The van der Waals surface area contributed by atoms with Gasteiger partial charge in [-0.2, -0.15) is 0 Å². The second kappa shape index (κ2) is 36.7. The van der Waals surface area contributed by atoms with Crippen LogP contribution in [0.2, 0.25) is 0 Å². The fourth-order valence-corrected chi connectivity index (χ4v) is 7.33. The molecule has 0 spiro atoms. The van der Waals surface area contributed by atoms with Gasteiger partial charge in [0.05, 0.1) is 6.10 Å². The number of unbranched alkanes of at least 4 members (excludes halogenated alkanes) is 30. The van der Waals surface area contributed by atoms with Gasteiger partial charge in [0, 0.05) is 4.87 Å². The van der Waals surface area contributed by atoms with Gasteiger partial charge in [-0.15, -0.1) is 11.6 Å². The molecule has 0 radical (unpaired) electrons. The van der Waals surface area contributed by atoms with Crippen LogP contribution in [0.4, 0.5) is 0 Å². The lowest BCUT2D eigenvalue weighted by molar-refractivity contribution is 0.160. The second-order valence-corrected chi connectivity index (χ2v) is 15.1. The van der Waals surface area contributed by atoms with Crippen molar-refractivity contribution < 1.29 is 5.11 Å². The highest BCUT2D eigenvalue weighted by atomic mass is 35.5. The van der Waals surface area contributed by atoms with E-state index in [0.29, 0.717) is 0 Å². The second-order valence-electron chi connectivity index (χ2n) is 14.3. The van der Waals surface area contributed by atoms with Crippen LogP contribution in [-0.2, 0) is 0 Å². The average Bonchev–Trinajstić information content (AvgIpc) is 2.96. The molecular formula is C40H84ClNO. The lowest BCUT2D eigenvalue weighted by Crippen LogP contribution is -2.26. The van der Waals surface area contributed by atoms with E-state index in [9.17, 15) is 5.11 Å². The van der Waals surface area contributed by atoms with Crippen molar-refractivity contribution in [1.82, 2.24) is 6.15 Å². The quantitative estimate of drug-likeness (QED) is 0.0535. The fraction of sp³-hybridized carbons (Fsp3) is 1.00. The van der Waals surface area contributed by atoms with Crippen LogP contribution < -0.4 is 6.15 Å². The van der Waals surface area contributed by atoms with Gasteiger partial charge in [0.25, 0.3) is 0 Å². The maximum atomic E-state index is 10.1. The molecule has 0 bridgehead atoms. The third-order valence-corrected chi connectivity index (χ3v) is 10.2. The predicted molar refractivity (Wildman–Crippen MR) is 198 cm³/mol. The zero-order valence-corrected chi connectivity index (χ0v) is 31.1. The van der Waals surface area contributed by atoms with E-state index >= 15 is 0 Å². The Kier molecular flexibility index (Phi) is 38.7. The van der Waals surface area contributed by atoms with Crippen LogP contribution in [0.1, 0.15) is 245 Å². The number of aliphatic hydroxyl groups is 1. The molecule has 0 heterocycles. The summed E-state index contributed by atoms with van der Waals surface area (Å²) >= 11 is 7.10. The van der Waals surface area contributed by atoms with Crippen LogP contribution in [0.3, 0.4) is 0 Å². The van der Waals surface area contributed by atoms with E-state index < -0.39 is 0 Å². The van der Waals surface area contributed by atoms with Crippen LogP contribution in [-0.4, -0.2) is 16.1 Å². The molecule has 1 unspecified atom stereocenters. The maximum absolute atomic E-state index is 10.1. The lowest BCUT2D eigenvalue weighted by atomic mass is 9.88. The van der Waals surface area contributed by atoms with Crippen molar-refractivity contribution >= 4 is 11.6 Å². The molecule has 0 aromatic carbocycles. The highest BCUT2D eigenvalue weighted by molar-refractivity contribution is 6.23. The molecule has 0 aromatic rings. The van der Waals surface area contributed by atoms with Gasteiger partial charge in [-0.3, -0.25) is 0 Å². The number of rotatable bonds is 36. The molecule has 43 heavy (non-hydrogen) atoms. The van der Waals surface area contributed by atoms with Crippen LogP contribution >= 0.6 is 11.6 Å². The Labute approximate surface area is 278 Å². The smallest absolute Gasteiger partial charge is 0.0528 e. The largest absolute Gasteiger partial charge is 0.393 e. The van der Waals surface area contributed by atoms with Crippen molar-refractivity contribution in [2.75, 3.05) is 0 Å². The number of alkyl halides is 1. The van der Waals surface area contributed by atoms with Crippen molar-refractivity contribution in [2.24, 2.45) is 0 Å². The topological polar surface area (TPSA) is 55.2 Å². The summed E-state index contributed by atoms with van der Waals surface area (Å²) < 4.78 is 0. The Morgan fingerprint density at radius 2 is 0.581 bits per heavy atom. The molecule has 1 atom stereocenters. The Morgan fingerprint density at radius 3 is 0.767 bits per heavy atom. The maximum Gasteiger partial charge on any atom is 0.0528 e. The number of hydrogen-bond donors (Lipinski definition) is 2. The van der Waals surface area contributed by atoms with E-state index in [-0.39, 0.29) is 17.1 Å². The fourth-order valence-electron chi connectivity index (χ4n) is 6.84. The first-order valence-corrected chi connectivity index (χ1v) is 20.3. The molecule has 262 valence electrons. The number of hydrogen-bond acceptors (Lipinski definition) is 2. The van der Waals surface area contributed by atoms with E-state index in [2.05, 4.69) is 13.8 Å². The van der Waals surface area contributed by atoms with E-state index in [1.54, 1.807) is 0 Å². The molecule has 0 saturated carbocycles. The normalized spacial score (nSPS) is 12.5. The van der Waals surface area contributed by atoms with Crippen LogP contribution in [0, 0.1) is 0 Å². The monoisotopic (exact) mass is 630 g/mol.